The molecule has 0 bridgehead atoms. The van der Waals surface area contributed by atoms with Gasteiger partial charge in [0.05, 0.1) is 19.6 Å². The number of hydrogen-bond acceptors (Lipinski definition) is 1. The van der Waals surface area contributed by atoms with E-state index >= 15 is 0 Å². The van der Waals surface area contributed by atoms with E-state index in [0.717, 1.165) is 5.92 Å². The number of nitrogens with one attached hydrogen (secondary N) is 1. The lowest BCUT2D eigenvalue weighted by Gasteiger charge is -2.12. The molecule has 1 rings (SSSR count). The average molecular weight is 285 g/mol. The highest BCUT2D eigenvalue weighted by Crippen LogP contribution is 2.08. The maximum absolute atomic E-state index is 7.13. The number of quaternary nitrogens is 1. The lowest BCUT2D eigenvalue weighted by Crippen LogP contribution is -3.10. The largest absolute Gasteiger partial charge is 0.753 e. The Hall–Kier alpha value is -0.240. The van der Waals surface area contributed by atoms with Gasteiger partial charge < -0.3 is 10.3 Å². The van der Waals surface area contributed by atoms with Crippen molar-refractivity contribution in [3.8, 4) is 0 Å². The number of nitrogens with zero attached hydrogens (tertiary/aromatic N) is 1. The minimum absolute atomic E-state index is 0.990. The first kappa shape index (κ1) is 18.8. The smallest absolute Gasteiger partial charge is 0.0799 e. The molecule has 2 atom stereocenters. The van der Waals surface area contributed by atoms with Crippen molar-refractivity contribution in [3.63, 3.8) is 0 Å². The van der Waals surface area contributed by atoms with Gasteiger partial charge in [-0.1, -0.05) is 64.6 Å². The third-order valence-corrected chi connectivity index (χ3v) is 4.01. The van der Waals surface area contributed by atoms with Gasteiger partial charge in [-0.3, -0.25) is 0 Å². The molecule has 1 saturated heterocycles. The van der Waals surface area contributed by atoms with Crippen molar-refractivity contribution in [2.75, 3.05) is 19.6 Å². The molecule has 1 aliphatic rings. The van der Waals surface area contributed by atoms with E-state index in [1.54, 1.807) is 0 Å². The van der Waals surface area contributed by atoms with Crippen LogP contribution in [0.2, 0.25) is 0 Å². The molecule has 0 spiro atoms. The molecule has 0 radical (unpaired) electrons. The summed E-state index contributed by atoms with van der Waals surface area (Å²) in [6.45, 7) is 9.02. The summed E-state index contributed by atoms with van der Waals surface area (Å²) in [5.74, 6) is 0.990. The van der Waals surface area contributed by atoms with E-state index in [1.807, 2.05) is 4.90 Å². The van der Waals surface area contributed by atoms with Crippen LogP contribution in [0.15, 0.2) is 0 Å². The van der Waals surface area contributed by atoms with Gasteiger partial charge in [0.25, 0.3) is 0 Å². The molecule has 1 heterocycles. The van der Waals surface area contributed by atoms with Crippen LogP contribution in [0.5, 0.6) is 0 Å². The van der Waals surface area contributed by atoms with Crippen LogP contribution < -0.4 is 4.90 Å². The summed E-state index contributed by atoms with van der Waals surface area (Å²) in [6, 6.07) is 0. The molecule has 0 aliphatic carbocycles. The van der Waals surface area contributed by atoms with E-state index in [0.29, 0.717) is 0 Å². The Kier molecular flexibility index (Phi) is 14.0. The van der Waals surface area contributed by atoms with Gasteiger partial charge in [0.1, 0.15) is 0 Å². The van der Waals surface area contributed by atoms with Crippen LogP contribution in [0.4, 0.5) is 0 Å². The van der Waals surface area contributed by atoms with E-state index in [1.165, 1.54) is 82.6 Å². The highest BCUT2D eigenvalue weighted by molar-refractivity contribution is 7.78. The Morgan fingerprint density at radius 2 is 1.63 bits per heavy atom. The summed E-state index contributed by atoms with van der Waals surface area (Å²) in [4.78, 5) is 1.87. The molecule has 19 heavy (non-hydrogen) atoms. The summed E-state index contributed by atoms with van der Waals surface area (Å²) < 4.78 is 0. The second-order valence-corrected chi connectivity index (χ2v) is 6.10. The fourth-order valence-electron chi connectivity index (χ4n) is 2.88. The van der Waals surface area contributed by atoms with Crippen LogP contribution in [0, 0.1) is 5.92 Å². The highest BCUT2D eigenvalue weighted by Gasteiger charge is 2.21. The van der Waals surface area contributed by atoms with E-state index in [9.17, 15) is 0 Å². The first-order valence-electron chi connectivity index (χ1n) is 8.09. The second-order valence-electron chi connectivity index (χ2n) is 5.91. The fourth-order valence-corrected chi connectivity index (χ4v) is 2.88. The van der Waals surface area contributed by atoms with Gasteiger partial charge in [0.2, 0.25) is 0 Å². The molecule has 1 fully saturated rings. The number of thiocarbonyl (C=S) groups is 1. The molecule has 0 aromatic carbocycles. The van der Waals surface area contributed by atoms with Gasteiger partial charge in [-0.15, -0.1) is 0 Å². The van der Waals surface area contributed by atoms with Crippen molar-refractivity contribution in [3.05, 3.63) is 5.41 Å². The quantitative estimate of drug-likeness (QED) is 0.390. The highest BCUT2D eigenvalue weighted by atomic mass is 32.1. The number of rotatable bonds is 9. The molecular weight excluding hydrogens is 252 g/mol. The first-order valence-corrected chi connectivity index (χ1v) is 8.50. The van der Waals surface area contributed by atoms with E-state index in [2.05, 4.69) is 26.1 Å². The van der Waals surface area contributed by atoms with Crippen LogP contribution in [-0.2, 0) is 0 Å². The van der Waals surface area contributed by atoms with Crippen LogP contribution in [0.3, 0.4) is 0 Å². The standard InChI is InChI=1S/C15H31N.CNS/c1-3-4-5-6-7-8-9-10-12-16-13-11-15(2)14-16;2-1-3/h15H,3-14H2,1-2H3;/q;-1/p+1. The zero-order valence-electron chi connectivity index (χ0n) is 12.9. The second kappa shape index (κ2) is 14.2. The molecule has 0 aromatic heterocycles. The van der Waals surface area contributed by atoms with Gasteiger partial charge in [0.15, 0.2) is 0 Å². The van der Waals surface area contributed by atoms with Crippen molar-refractivity contribution in [1.29, 1.82) is 0 Å². The van der Waals surface area contributed by atoms with Gasteiger partial charge in [-0.2, -0.15) is 5.16 Å². The number of unbranched alkanes of at least 4 members (excludes halogenated alkanes) is 7. The lowest BCUT2D eigenvalue weighted by atomic mass is 10.1. The van der Waals surface area contributed by atoms with Crippen molar-refractivity contribution in [2.45, 2.75) is 71.6 Å². The normalized spacial score (nSPS) is 21.6. The molecule has 0 aromatic rings. The predicted octanol–water partition coefficient (Wildman–Crippen LogP) is 3.71. The first-order chi connectivity index (χ1) is 9.24. The number of isothiocyanates is 1. The topological polar surface area (TPSA) is 26.7 Å². The minimum Gasteiger partial charge on any atom is -0.753 e. The summed E-state index contributed by atoms with van der Waals surface area (Å²) in [5, 5.41) is 8.47. The molecular formula is C16H32N2S. The third-order valence-electron chi connectivity index (χ3n) is 4.01. The maximum atomic E-state index is 7.13. The van der Waals surface area contributed by atoms with Crippen LogP contribution in [0.1, 0.15) is 71.6 Å². The minimum atomic E-state index is 0.990. The molecule has 112 valence electrons. The van der Waals surface area contributed by atoms with Crippen LogP contribution in [-0.4, -0.2) is 24.8 Å². The monoisotopic (exact) mass is 284 g/mol. The van der Waals surface area contributed by atoms with Crippen molar-refractivity contribution in [2.24, 2.45) is 5.92 Å². The molecule has 0 amide bonds. The zero-order valence-corrected chi connectivity index (χ0v) is 13.7. The molecule has 1 N–H and O–H groups in total. The summed E-state index contributed by atoms with van der Waals surface area (Å²) in [6.07, 6.45) is 13.1. The van der Waals surface area contributed by atoms with E-state index in [-0.39, 0.29) is 0 Å². The molecule has 2 nitrogen and oxygen atoms in total. The Morgan fingerprint density at radius 3 is 2.11 bits per heavy atom. The van der Waals surface area contributed by atoms with Crippen molar-refractivity contribution in [1.82, 2.24) is 0 Å². The van der Waals surface area contributed by atoms with Gasteiger partial charge >= 0.3 is 0 Å². The van der Waals surface area contributed by atoms with Crippen molar-refractivity contribution >= 4 is 17.4 Å². The molecule has 0 saturated carbocycles. The fraction of sp³-hybridized carbons (Fsp3) is 0.938. The maximum Gasteiger partial charge on any atom is 0.0799 e. The lowest BCUT2D eigenvalue weighted by molar-refractivity contribution is -0.889. The molecule has 2 unspecified atom stereocenters. The van der Waals surface area contributed by atoms with Gasteiger partial charge in [-0.25, -0.2) is 0 Å². The summed E-state index contributed by atoms with van der Waals surface area (Å²) in [7, 11) is 0. The Bertz CT molecular complexity index is 225. The summed E-state index contributed by atoms with van der Waals surface area (Å²) in [5.41, 5.74) is 0. The van der Waals surface area contributed by atoms with E-state index < -0.39 is 0 Å². The van der Waals surface area contributed by atoms with Gasteiger partial charge in [0, 0.05) is 12.3 Å². The Labute approximate surface area is 125 Å². The summed E-state index contributed by atoms with van der Waals surface area (Å²) >= 11 is 3.70. The third kappa shape index (κ3) is 12.5. The number of likely N-dealkylation sites (tertiary alicyclic amines) is 1. The SMILES string of the molecule is CCCCCCCCCC[NH+]1CCC(C)C1.[N-]=C=S. The Morgan fingerprint density at radius 1 is 1.11 bits per heavy atom. The van der Waals surface area contributed by atoms with Gasteiger partial charge in [-0.05, 0) is 12.8 Å². The predicted molar refractivity (Wildman–Crippen MR) is 87.9 cm³/mol. The van der Waals surface area contributed by atoms with Crippen molar-refractivity contribution < 1.29 is 4.90 Å². The van der Waals surface area contributed by atoms with E-state index in [4.69, 9.17) is 5.41 Å². The molecule has 3 heteroatoms. The average Bonchev–Trinajstić information content (AvgIpc) is 2.79. The zero-order chi connectivity index (χ0) is 14.3. The Balaban J connectivity index is 0.000000982. The van der Waals surface area contributed by atoms with Crippen LogP contribution >= 0.6 is 12.2 Å². The number of hydrogen-bond donors (Lipinski definition) is 1. The van der Waals surface area contributed by atoms with Crippen LogP contribution in [0.25, 0.3) is 5.41 Å². The molecule has 1 aliphatic heterocycles.